The average Bonchev–Trinajstić information content (AvgIpc) is 2.42. The van der Waals surface area contributed by atoms with Crippen molar-refractivity contribution in [3.63, 3.8) is 0 Å². The van der Waals surface area contributed by atoms with Crippen LogP contribution in [0.1, 0.15) is 12.5 Å². The van der Waals surface area contributed by atoms with Gasteiger partial charge in [-0.3, -0.25) is 0 Å². The van der Waals surface area contributed by atoms with Gasteiger partial charge in [-0.25, -0.2) is 0 Å². The van der Waals surface area contributed by atoms with E-state index in [1.54, 1.807) is 11.8 Å². The zero-order valence-corrected chi connectivity index (χ0v) is 8.21. The van der Waals surface area contributed by atoms with E-state index in [0.29, 0.717) is 0 Å². The van der Waals surface area contributed by atoms with E-state index in [4.69, 9.17) is 0 Å². The quantitative estimate of drug-likeness (QED) is 0.657. The van der Waals surface area contributed by atoms with Crippen LogP contribution in [-0.2, 0) is 6.42 Å². The smallest absolute Gasteiger partial charge is 0.426 e. The first-order chi connectivity index (χ1) is 6.12. The third kappa shape index (κ3) is 1.50. The van der Waals surface area contributed by atoms with Gasteiger partial charge in [0.05, 0.1) is 4.65 Å². The van der Waals surface area contributed by atoms with Crippen molar-refractivity contribution in [2.24, 2.45) is 0 Å². The molecule has 2 N–H and O–H groups in total. The molecule has 0 aliphatic carbocycles. The lowest BCUT2D eigenvalue weighted by Crippen LogP contribution is -2.40. The average molecular weight is 194 g/mol. The molecule has 1 heterocycles. The van der Waals surface area contributed by atoms with E-state index < -0.39 is 11.8 Å². The summed E-state index contributed by atoms with van der Waals surface area (Å²) in [6, 6.07) is 8.01. The Morgan fingerprint density at radius 2 is 2.08 bits per heavy atom. The predicted octanol–water partition coefficient (Wildman–Crippen LogP) is 1.11. The molecule has 0 bridgehead atoms. The van der Waals surface area contributed by atoms with Crippen LogP contribution in [0, 0.1) is 0 Å². The molecule has 13 heavy (non-hydrogen) atoms. The first-order valence-electron chi connectivity index (χ1n) is 4.25. The number of hydrogen-bond donors (Lipinski definition) is 2. The summed E-state index contributed by atoms with van der Waals surface area (Å²) in [6.07, 6.45) is 0.728. The molecule has 0 saturated carbocycles. The molecule has 0 saturated heterocycles. The second-order valence-corrected chi connectivity index (χ2v) is 5.15. The van der Waals surface area contributed by atoms with Gasteiger partial charge in [0.1, 0.15) is 0 Å². The maximum absolute atomic E-state index is 9.22. The minimum atomic E-state index is -1.26. The number of thioether (sulfide) groups is 1. The van der Waals surface area contributed by atoms with Gasteiger partial charge in [0, 0.05) is 4.90 Å². The zero-order valence-electron chi connectivity index (χ0n) is 7.40. The SMILES string of the molecule is CC1(B(O)O)Cc2ccccc2S1. The van der Waals surface area contributed by atoms with Crippen LogP contribution in [0.4, 0.5) is 0 Å². The maximum atomic E-state index is 9.22. The Bertz CT molecular complexity index is 302. The van der Waals surface area contributed by atoms with Crippen LogP contribution in [0.2, 0.25) is 0 Å². The minimum Gasteiger partial charge on any atom is -0.426 e. The summed E-state index contributed by atoms with van der Waals surface area (Å²) in [6.45, 7) is 1.88. The highest BCUT2D eigenvalue weighted by molar-refractivity contribution is 8.02. The van der Waals surface area contributed by atoms with Crippen molar-refractivity contribution >= 4 is 18.9 Å². The monoisotopic (exact) mass is 194 g/mol. The Kier molecular flexibility index (Phi) is 2.14. The highest BCUT2D eigenvalue weighted by Gasteiger charge is 2.43. The predicted molar refractivity (Wildman–Crippen MR) is 54.6 cm³/mol. The first-order valence-corrected chi connectivity index (χ1v) is 5.06. The van der Waals surface area contributed by atoms with Crippen molar-refractivity contribution in [2.75, 3.05) is 0 Å². The molecule has 0 fully saturated rings. The molecule has 0 spiro atoms. The van der Waals surface area contributed by atoms with Gasteiger partial charge in [0.15, 0.2) is 0 Å². The van der Waals surface area contributed by atoms with Crippen LogP contribution >= 0.6 is 11.8 Å². The molecule has 4 heteroatoms. The van der Waals surface area contributed by atoms with Crippen LogP contribution in [-0.4, -0.2) is 21.8 Å². The van der Waals surface area contributed by atoms with Crippen LogP contribution in [0.15, 0.2) is 29.2 Å². The summed E-state index contributed by atoms with van der Waals surface area (Å²) in [4.78, 5) is 1.16. The third-order valence-corrected chi connectivity index (χ3v) is 3.84. The standard InChI is InChI=1S/C9H11BO2S/c1-9(10(11)12)6-7-4-2-3-5-8(7)13-9/h2-5,11-12H,6H2,1H3. The van der Waals surface area contributed by atoms with Gasteiger partial charge < -0.3 is 10.0 Å². The van der Waals surface area contributed by atoms with Crippen molar-refractivity contribution in [2.45, 2.75) is 22.9 Å². The molecule has 2 nitrogen and oxygen atoms in total. The summed E-state index contributed by atoms with van der Waals surface area (Å²) >= 11 is 1.55. The van der Waals surface area contributed by atoms with Crippen LogP contribution < -0.4 is 0 Å². The molecule has 1 aliphatic heterocycles. The van der Waals surface area contributed by atoms with Crippen LogP contribution in [0.5, 0.6) is 0 Å². The number of benzene rings is 1. The third-order valence-electron chi connectivity index (χ3n) is 2.40. The molecule has 0 amide bonds. The Hall–Kier alpha value is -0.445. The summed E-state index contributed by atoms with van der Waals surface area (Å²) in [5, 5.41) is 18.4. The molecule has 1 unspecified atom stereocenters. The first kappa shape index (κ1) is 9.12. The number of rotatable bonds is 1. The van der Waals surface area contributed by atoms with E-state index in [9.17, 15) is 10.0 Å². The van der Waals surface area contributed by atoms with Crippen molar-refractivity contribution in [1.82, 2.24) is 0 Å². The topological polar surface area (TPSA) is 40.5 Å². The largest absolute Gasteiger partial charge is 0.469 e. The molecule has 1 aromatic carbocycles. The number of hydrogen-bond acceptors (Lipinski definition) is 3. The fourth-order valence-corrected chi connectivity index (χ4v) is 2.81. The fraction of sp³-hybridized carbons (Fsp3) is 0.333. The van der Waals surface area contributed by atoms with Gasteiger partial charge in [-0.15, -0.1) is 11.8 Å². The fourth-order valence-electron chi connectivity index (χ4n) is 1.56. The Labute approximate surface area is 82.1 Å². The van der Waals surface area contributed by atoms with Crippen molar-refractivity contribution in [1.29, 1.82) is 0 Å². The van der Waals surface area contributed by atoms with Crippen molar-refractivity contribution < 1.29 is 10.0 Å². The molecule has 1 aliphatic rings. The molecular weight excluding hydrogens is 183 g/mol. The number of fused-ring (bicyclic) bond motifs is 1. The lowest BCUT2D eigenvalue weighted by atomic mass is 9.70. The lowest BCUT2D eigenvalue weighted by Gasteiger charge is -2.20. The van der Waals surface area contributed by atoms with Gasteiger partial charge in [-0.1, -0.05) is 25.1 Å². The molecule has 2 rings (SSSR count). The molecule has 1 aromatic rings. The van der Waals surface area contributed by atoms with E-state index in [1.807, 2.05) is 31.2 Å². The minimum absolute atomic E-state index is 0.469. The lowest BCUT2D eigenvalue weighted by molar-refractivity contribution is 0.382. The molecule has 68 valence electrons. The molecular formula is C9H11BO2S. The van der Waals surface area contributed by atoms with E-state index in [1.165, 1.54) is 5.56 Å². The molecule has 1 atom stereocenters. The second-order valence-electron chi connectivity index (χ2n) is 3.57. The van der Waals surface area contributed by atoms with Crippen LogP contribution in [0.3, 0.4) is 0 Å². The normalized spacial score (nSPS) is 25.8. The highest BCUT2D eigenvalue weighted by atomic mass is 32.2. The van der Waals surface area contributed by atoms with E-state index in [0.717, 1.165) is 11.3 Å². The van der Waals surface area contributed by atoms with Gasteiger partial charge in [-0.2, -0.15) is 0 Å². The van der Waals surface area contributed by atoms with Crippen LogP contribution in [0.25, 0.3) is 0 Å². The van der Waals surface area contributed by atoms with E-state index in [2.05, 4.69) is 0 Å². The molecule has 0 radical (unpaired) electrons. The maximum Gasteiger partial charge on any atom is 0.469 e. The van der Waals surface area contributed by atoms with Crippen molar-refractivity contribution in [3.05, 3.63) is 29.8 Å². The second kappa shape index (κ2) is 3.05. The van der Waals surface area contributed by atoms with Crippen molar-refractivity contribution in [3.8, 4) is 0 Å². The van der Waals surface area contributed by atoms with E-state index in [-0.39, 0.29) is 0 Å². The van der Waals surface area contributed by atoms with Gasteiger partial charge in [-0.05, 0) is 18.1 Å². The Balaban J connectivity index is 2.32. The summed E-state index contributed by atoms with van der Waals surface area (Å²) in [7, 11) is -1.26. The van der Waals surface area contributed by atoms with Gasteiger partial charge in [0.2, 0.25) is 0 Å². The summed E-state index contributed by atoms with van der Waals surface area (Å²) in [5.74, 6) is 0. The Morgan fingerprint density at radius 3 is 2.69 bits per heavy atom. The summed E-state index contributed by atoms with van der Waals surface area (Å²) < 4.78 is -0.469. The van der Waals surface area contributed by atoms with Gasteiger partial charge >= 0.3 is 7.12 Å². The summed E-state index contributed by atoms with van der Waals surface area (Å²) in [5.41, 5.74) is 1.21. The Morgan fingerprint density at radius 1 is 1.38 bits per heavy atom. The van der Waals surface area contributed by atoms with Gasteiger partial charge in [0.25, 0.3) is 0 Å². The molecule has 0 aromatic heterocycles. The van der Waals surface area contributed by atoms with E-state index >= 15 is 0 Å². The highest BCUT2D eigenvalue weighted by Crippen LogP contribution is 2.45. The zero-order chi connectivity index (χ0) is 9.47.